The molecule has 0 aromatic carbocycles. The van der Waals surface area contributed by atoms with Crippen molar-refractivity contribution in [3.8, 4) is 0 Å². The average molecular weight is 825 g/mol. The Hall–Kier alpha value is -4.17. The smallest absolute Gasteiger partial charge is 0.328 e. The van der Waals surface area contributed by atoms with Gasteiger partial charge in [-0.25, -0.2) is 20.0 Å². The Morgan fingerprint density at radius 2 is 1.07 bits per heavy atom. The van der Waals surface area contributed by atoms with Crippen molar-refractivity contribution in [1.29, 1.82) is 0 Å². The number of ether oxygens (including phenoxy) is 1. The number of nitrogens with one attached hydrogen (secondary N) is 3. The number of rotatable bonds is 24. The summed E-state index contributed by atoms with van der Waals surface area (Å²) in [7, 11) is 0. The fraction of sp³-hybridized carbons (Fsp3) is 0.629. The number of carbonyl (C=O) groups excluding carboxylic acids is 7. The van der Waals surface area contributed by atoms with Crippen molar-refractivity contribution in [2.75, 3.05) is 39.5 Å². The fourth-order valence-corrected chi connectivity index (χ4v) is 5.08. The molecule has 0 aromatic heterocycles. The average Bonchev–Trinajstić information content (AvgIpc) is 3.09. The third kappa shape index (κ3) is 20.9. The van der Waals surface area contributed by atoms with Gasteiger partial charge in [-0.1, -0.05) is 16.7 Å². The minimum absolute atomic E-state index is 0. The van der Waals surface area contributed by atoms with E-state index in [9.17, 15) is 49.2 Å². The molecule has 3 atom stereocenters. The van der Waals surface area contributed by atoms with Gasteiger partial charge < -0.3 is 30.9 Å². The van der Waals surface area contributed by atoms with Crippen LogP contribution >= 0.6 is 0 Å². The van der Waals surface area contributed by atoms with Gasteiger partial charge in [0.15, 0.2) is 0 Å². The maximum atomic E-state index is 12.6. The van der Waals surface area contributed by atoms with E-state index in [-0.39, 0.29) is 108 Å². The Bertz CT molecular complexity index is 1410. The van der Waals surface area contributed by atoms with E-state index < -0.39 is 59.5 Å². The molecule has 1 rings (SSSR count). The molecule has 0 radical (unpaired) electrons. The topological polar surface area (TPSA) is 276 Å². The van der Waals surface area contributed by atoms with Crippen LogP contribution in [0.1, 0.15) is 85.5 Å². The van der Waals surface area contributed by atoms with Crippen LogP contribution in [-0.4, -0.2) is 140 Å². The van der Waals surface area contributed by atoms with Crippen molar-refractivity contribution >= 4 is 41.4 Å². The summed E-state index contributed by atoms with van der Waals surface area (Å²) >= 11 is 0. The molecule has 1 aliphatic heterocycles. The number of carbonyl (C=O) groups is 7. The molecule has 55 heavy (non-hydrogen) atoms. The molecule has 19 nitrogen and oxygen atoms in total. The van der Waals surface area contributed by atoms with E-state index in [4.69, 9.17) is 14.9 Å². The number of hydroxylamine groups is 6. The van der Waals surface area contributed by atoms with Crippen LogP contribution in [0.4, 0.5) is 0 Å². The molecule has 8 N–H and O–H groups in total. The van der Waals surface area contributed by atoms with Gasteiger partial charge >= 0.3 is 5.97 Å². The standard InChI is InChI=1S/C35H56N6O13.Fe/c1-23(11-17-42)20-30(45)39(51)14-5-8-27-33(48)38-28(34(49)37-27)9-6-15-40(52)32(47)22-25(3)13-19-54-35(50)29(36-26(4)44)10-7-16-41(53)31(46)21-24(2)12-18-43;/h20-22,27-29,42-43,51-53H,5-19H2,1-4H3,(H,36,44)(H,37,49)(H,38,48);/b23-20-,24-21+,25-22-;/t27-,28-,29-;/m0./s1. The molecular formula is C35H56FeN6O13. The van der Waals surface area contributed by atoms with E-state index in [1.807, 2.05) is 0 Å². The second-order valence-electron chi connectivity index (χ2n) is 13.0. The molecule has 312 valence electrons. The summed E-state index contributed by atoms with van der Waals surface area (Å²) in [6.45, 7) is 5.30. The first-order valence-corrected chi connectivity index (χ1v) is 17.8. The van der Waals surface area contributed by atoms with Gasteiger partial charge in [-0.15, -0.1) is 0 Å². The van der Waals surface area contributed by atoms with Crippen LogP contribution in [0.2, 0.25) is 0 Å². The zero-order valence-electron chi connectivity index (χ0n) is 31.8. The summed E-state index contributed by atoms with van der Waals surface area (Å²) in [5.41, 5.74) is 1.64. The number of aliphatic hydroxyl groups is 2. The van der Waals surface area contributed by atoms with Crippen LogP contribution in [-0.2, 0) is 55.4 Å². The number of amides is 6. The van der Waals surface area contributed by atoms with Crippen LogP contribution in [0.25, 0.3) is 0 Å². The first-order valence-electron chi connectivity index (χ1n) is 17.8. The Morgan fingerprint density at radius 3 is 1.45 bits per heavy atom. The van der Waals surface area contributed by atoms with Crippen molar-refractivity contribution in [3.05, 3.63) is 34.9 Å². The number of nitrogens with zero attached hydrogens (tertiary/aromatic N) is 3. The molecule has 1 heterocycles. The molecule has 0 unspecified atom stereocenters. The first kappa shape index (κ1) is 50.8. The Balaban J connectivity index is 0.0000292. The van der Waals surface area contributed by atoms with Gasteiger partial charge in [0, 0.05) is 81.5 Å². The molecule has 0 spiro atoms. The SMILES string of the molecule is CC(=O)N[C@@H](CCCN(O)C(=O)/C=C(\C)CCO)C(=O)OCC/C(C)=C\C(=O)N(O)CCC[C@@H]1NC(=O)[C@H](CCCN(O)C(=O)/C=C(/C)CCO)NC1=O.[Fe]. The van der Waals surface area contributed by atoms with E-state index in [1.165, 1.54) is 19.1 Å². The predicted molar refractivity (Wildman–Crippen MR) is 190 cm³/mol. The van der Waals surface area contributed by atoms with Gasteiger partial charge in [-0.2, -0.15) is 0 Å². The second kappa shape index (κ2) is 27.4. The summed E-state index contributed by atoms with van der Waals surface area (Å²) in [4.78, 5) is 85.9. The third-order valence-corrected chi connectivity index (χ3v) is 8.14. The molecule has 0 aliphatic carbocycles. The van der Waals surface area contributed by atoms with Gasteiger partial charge in [0.05, 0.1) is 6.61 Å². The first-order chi connectivity index (χ1) is 25.5. The Morgan fingerprint density at radius 1 is 0.691 bits per heavy atom. The van der Waals surface area contributed by atoms with Crippen molar-refractivity contribution in [1.82, 2.24) is 31.1 Å². The van der Waals surface area contributed by atoms with E-state index in [0.717, 1.165) is 6.08 Å². The zero-order valence-corrected chi connectivity index (χ0v) is 32.9. The summed E-state index contributed by atoms with van der Waals surface area (Å²) < 4.78 is 5.26. The number of esters is 1. The van der Waals surface area contributed by atoms with E-state index in [0.29, 0.717) is 38.3 Å². The minimum Gasteiger partial charge on any atom is -0.464 e. The summed E-state index contributed by atoms with van der Waals surface area (Å²) in [6, 6.07) is -2.81. The third-order valence-electron chi connectivity index (χ3n) is 8.14. The van der Waals surface area contributed by atoms with E-state index in [2.05, 4.69) is 16.0 Å². The number of piperazine rings is 1. The monoisotopic (exact) mass is 824 g/mol. The van der Waals surface area contributed by atoms with Crippen LogP contribution in [0.5, 0.6) is 0 Å². The van der Waals surface area contributed by atoms with Crippen molar-refractivity contribution in [2.45, 2.75) is 104 Å². The fourth-order valence-electron chi connectivity index (χ4n) is 5.08. The number of aliphatic hydroxyl groups excluding tert-OH is 2. The molecule has 0 saturated carbocycles. The molecule has 1 fully saturated rings. The maximum absolute atomic E-state index is 12.6. The molecule has 0 aromatic rings. The quantitative estimate of drug-likeness (QED) is 0.0210. The summed E-state index contributed by atoms with van der Waals surface area (Å²) in [6.07, 6.45) is 5.09. The van der Waals surface area contributed by atoms with Crippen molar-refractivity contribution in [3.63, 3.8) is 0 Å². The zero-order chi connectivity index (χ0) is 40.8. The minimum atomic E-state index is -1.05. The Kier molecular flexibility index (Phi) is 25.3. The maximum Gasteiger partial charge on any atom is 0.328 e. The van der Waals surface area contributed by atoms with Gasteiger partial charge in [0.2, 0.25) is 17.7 Å². The van der Waals surface area contributed by atoms with Gasteiger partial charge in [0.25, 0.3) is 17.7 Å². The van der Waals surface area contributed by atoms with Crippen molar-refractivity contribution < 1.29 is 81.2 Å². The molecule has 6 amide bonds. The largest absolute Gasteiger partial charge is 0.464 e. The summed E-state index contributed by atoms with van der Waals surface area (Å²) in [5.74, 6) is -4.25. The molecule has 0 bridgehead atoms. The van der Waals surface area contributed by atoms with E-state index in [1.54, 1.807) is 20.8 Å². The predicted octanol–water partition coefficient (Wildman–Crippen LogP) is 0.00280. The van der Waals surface area contributed by atoms with Crippen LogP contribution < -0.4 is 16.0 Å². The van der Waals surface area contributed by atoms with E-state index >= 15 is 0 Å². The molecule has 20 heteroatoms. The summed E-state index contributed by atoms with van der Waals surface area (Å²) in [5, 5.41) is 57.0. The molecule has 1 saturated heterocycles. The van der Waals surface area contributed by atoms with Crippen molar-refractivity contribution in [2.24, 2.45) is 0 Å². The van der Waals surface area contributed by atoms with Gasteiger partial charge in [-0.05, 0) is 72.1 Å². The number of hydrogen-bond acceptors (Lipinski definition) is 13. The molecule has 1 aliphatic rings. The van der Waals surface area contributed by atoms with Crippen LogP contribution in [0.3, 0.4) is 0 Å². The Labute approximate surface area is 331 Å². The molecular weight excluding hydrogens is 768 g/mol. The van der Waals surface area contributed by atoms with Gasteiger partial charge in [-0.3, -0.25) is 44.4 Å². The number of hydrogen-bond donors (Lipinski definition) is 8. The van der Waals surface area contributed by atoms with Crippen LogP contribution in [0.15, 0.2) is 34.9 Å². The van der Waals surface area contributed by atoms with Gasteiger partial charge in [0.1, 0.15) is 18.1 Å². The van der Waals surface area contributed by atoms with Crippen LogP contribution in [0, 0.1) is 0 Å². The second-order valence-corrected chi connectivity index (χ2v) is 13.0. The normalized spacial score (nSPS) is 16.6.